The number of carbonyl (C=O) groups is 1. The third-order valence-electron chi connectivity index (χ3n) is 5.08. The van der Waals surface area contributed by atoms with Crippen molar-refractivity contribution in [3.05, 3.63) is 100 Å². The van der Waals surface area contributed by atoms with Crippen LogP contribution in [-0.2, 0) is 6.54 Å². The van der Waals surface area contributed by atoms with Crippen molar-refractivity contribution in [1.29, 1.82) is 0 Å². The number of para-hydroxylation sites is 1. The van der Waals surface area contributed by atoms with Crippen molar-refractivity contribution in [3.63, 3.8) is 0 Å². The van der Waals surface area contributed by atoms with E-state index in [-0.39, 0.29) is 12.1 Å². The van der Waals surface area contributed by atoms with Crippen LogP contribution in [0.3, 0.4) is 0 Å². The number of benzene rings is 3. The first-order valence-electron chi connectivity index (χ1n) is 10.3. The number of methoxy groups -OCH3 is 1. The Morgan fingerprint density at radius 2 is 1.62 bits per heavy atom. The van der Waals surface area contributed by atoms with E-state index < -0.39 is 11.5 Å². The van der Waals surface area contributed by atoms with Crippen LogP contribution in [0.1, 0.15) is 22.8 Å². The summed E-state index contributed by atoms with van der Waals surface area (Å²) in [5.74, 6) is 0.991. The second-order valence-corrected chi connectivity index (χ2v) is 7.15. The Hall–Kier alpha value is -4.06. The highest BCUT2D eigenvalue weighted by molar-refractivity contribution is 6.07. The van der Waals surface area contributed by atoms with Crippen molar-refractivity contribution in [1.82, 2.24) is 0 Å². The lowest BCUT2D eigenvalue weighted by Gasteiger charge is -2.23. The van der Waals surface area contributed by atoms with Gasteiger partial charge in [-0.05, 0) is 61.0 Å². The number of nitrogens with zero attached hydrogens (tertiary/aromatic N) is 1. The molecule has 0 aliphatic rings. The summed E-state index contributed by atoms with van der Waals surface area (Å²) in [4.78, 5) is 27.7. The molecule has 0 atom stereocenters. The predicted octanol–water partition coefficient (Wildman–Crippen LogP) is 5.05. The van der Waals surface area contributed by atoms with Gasteiger partial charge in [0, 0.05) is 11.1 Å². The Kier molecular flexibility index (Phi) is 6.22. The first-order chi connectivity index (χ1) is 15.6. The van der Waals surface area contributed by atoms with Crippen LogP contribution < -0.4 is 20.0 Å². The fourth-order valence-corrected chi connectivity index (χ4v) is 3.44. The average Bonchev–Trinajstić information content (AvgIpc) is 2.83. The minimum Gasteiger partial charge on any atom is -0.497 e. The van der Waals surface area contributed by atoms with E-state index in [0.717, 1.165) is 11.3 Å². The zero-order valence-corrected chi connectivity index (χ0v) is 17.9. The molecule has 3 aromatic carbocycles. The summed E-state index contributed by atoms with van der Waals surface area (Å²) in [6, 6.07) is 23.3. The minimum absolute atomic E-state index is 0.0221. The summed E-state index contributed by atoms with van der Waals surface area (Å²) < 4.78 is 16.1. The van der Waals surface area contributed by atoms with Crippen LogP contribution in [0.25, 0.3) is 11.0 Å². The van der Waals surface area contributed by atoms with E-state index in [2.05, 4.69) is 0 Å². The molecule has 0 aliphatic heterocycles. The number of anilines is 1. The number of hydrogen-bond donors (Lipinski definition) is 0. The molecule has 4 rings (SSSR count). The summed E-state index contributed by atoms with van der Waals surface area (Å²) >= 11 is 0. The number of amides is 1. The van der Waals surface area contributed by atoms with E-state index in [1.165, 1.54) is 0 Å². The molecule has 0 spiro atoms. The molecule has 0 bridgehead atoms. The summed E-state index contributed by atoms with van der Waals surface area (Å²) in [6.45, 7) is 2.72. The van der Waals surface area contributed by atoms with Gasteiger partial charge in [-0.2, -0.15) is 0 Å². The fraction of sp³-hybridized carbons (Fsp3) is 0.154. The molecule has 32 heavy (non-hydrogen) atoms. The van der Waals surface area contributed by atoms with Crippen LogP contribution >= 0.6 is 0 Å². The molecule has 4 aromatic rings. The van der Waals surface area contributed by atoms with Gasteiger partial charge in [-0.15, -0.1) is 0 Å². The van der Waals surface area contributed by atoms with E-state index in [9.17, 15) is 9.59 Å². The van der Waals surface area contributed by atoms with Crippen molar-refractivity contribution in [2.45, 2.75) is 13.5 Å². The number of hydrogen-bond acceptors (Lipinski definition) is 5. The smallest absolute Gasteiger partial charge is 0.349 e. The normalized spacial score (nSPS) is 10.7. The third-order valence-corrected chi connectivity index (χ3v) is 5.08. The largest absolute Gasteiger partial charge is 0.497 e. The maximum absolute atomic E-state index is 13.6. The van der Waals surface area contributed by atoms with Gasteiger partial charge in [0.05, 0.1) is 20.3 Å². The molecule has 0 fully saturated rings. The third kappa shape index (κ3) is 4.49. The molecule has 1 amide bonds. The molecular formula is C26H23NO5. The molecule has 0 unspecified atom stereocenters. The van der Waals surface area contributed by atoms with Gasteiger partial charge in [-0.25, -0.2) is 4.79 Å². The highest BCUT2D eigenvalue weighted by atomic mass is 16.5. The maximum atomic E-state index is 13.6. The molecule has 0 N–H and O–H groups in total. The van der Waals surface area contributed by atoms with Gasteiger partial charge in [0.2, 0.25) is 0 Å². The van der Waals surface area contributed by atoms with Crippen LogP contribution in [0, 0.1) is 0 Å². The van der Waals surface area contributed by atoms with Crippen molar-refractivity contribution in [3.8, 4) is 11.5 Å². The second kappa shape index (κ2) is 9.39. The minimum atomic E-state index is -0.667. The maximum Gasteiger partial charge on any atom is 0.349 e. The molecule has 1 heterocycles. The van der Waals surface area contributed by atoms with Gasteiger partial charge < -0.3 is 18.8 Å². The van der Waals surface area contributed by atoms with Gasteiger partial charge in [0.15, 0.2) is 0 Å². The summed E-state index contributed by atoms with van der Waals surface area (Å²) in [5, 5.41) is 0.687. The molecule has 6 nitrogen and oxygen atoms in total. The van der Waals surface area contributed by atoms with Gasteiger partial charge in [0.25, 0.3) is 5.91 Å². The molecule has 6 heteroatoms. The molecule has 0 saturated carbocycles. The van der Waals surface area contributed by atoms with Crippen molar-refractivity contribution in [2.24, 2.45) is 0 Å². The predicted molar refractivity (Wildman–Crippen MR) is 124 cm³/mol. The molecular weight excluding hydrogens is 406 g/mol. The zero-order valence-electron chi connectivity index (χ0n) is 17.9. The van der Waals surface area contributed by atoms with Crippen molar-refractivity contribution >= 4 is 22.6 Å². The highest BCUT2D eigenvalue weighted by Gasteiger charge is 2.23. The number of carbonyl (C=O) groups excluding carboxylic acids is 1. The van der Waals surface area contributed by atoms with Crippen LogP contribution in [0.15, 0.2) is 88.1 Å². The number of ether oxygens (including phenoxy) is 2. The summed E-state index contributed by atoms with van der Waals surface area (Å²) in [6.07, 6.45) is 0. The number of fused-ring (bicyclic) bond motifs is 1. The topological polar surface area (TPSA) is 69.0 Å². The average molecular weight is 429 g/mol. The molecule has 0 radical (unpaired) electrons. The van der Waals surface area contributed by atoms with Crippen LogP contribution in [0.2, 0.25) is 0 Å². The van der Waals surface area contributed by atoms with Gasteiger partial charge in [-0.1, -0.05) is 30.3 Å². The Balaban J connectivity index is 1.74. The van der Waals surface area contributed by atoms with E-state index in [0.29, 0.717) is 29.0 Å². The lowest BCUT2D eigenvalue weighted by Crippen LogP contribution is -2.33. The van der Waals surface area contributed by atoms with Gasteiger partial charge in [0.1, 0.15) is 22.6 Å². The second-order valence-electron chi connectivity index (χ2n) is 7.15. The Bertz CT molecular complexity index is 1280. The molecule has 1 aromatic heterocycles. The van der Waals surface area contributed by atoms with E-state index in [1.807, 2.05) is 37.3 Å². The quantitative estimate of drug-likeness (QED) is 0.385. The van der Waals surface area contributed by atoms with E-state index in [1.54, 1.807) is 60.5 Å². The van der Waals surface area contributed by atoms with E-state index in [4.69, 9.17) is 13.9 Å². The first-order valence-corrected chi connectivity index (χ1v) is 10.3. The first kappa shape index (κ1) is 21.2. The standard InChI is InChI=1S/C26H23NO5/c1-3-31-22-14-10-20(11-15-22)27(17-18-8-12-21(30-2)13-9-18)25(28)23-16-19-6-4-5-7-24(19)32-26(23)29/h4-16H,3,17H2,1-2H3. The Labute approximate surface area is 185 Å². The molecule has 0 aliphatic carbocycles. The van der Waals surface area contributed by atoms with Crippen molar-refractivity contribution < 1.29 is 18.7 Å². The SMILES string of the molecule is CCOc1ccc(N(Cc2ccc(OC)cc2)C(=O)c2cc3ccccc3oc2=O)cc1. The van der Waals surface area contributed by atoms with Gasteiger partial charge in [-0.3, -0.25) is 4.79 Å². The highest BCUT2D eigenvalue weighted by Crippen LogP contribution is 2.24. The lowest BCUT2D eigenvalue weighted by molar-refractivity contribution is 0.0981. The van der Waals surface area contributed by atoms with Crippen molar-refractivity contribution in [2.75, 3.05) is 18.6 Å². The zero-order chi connectivity index (χ0) is 22.5. The van der Waals surface area contributed by atoms with E-state index >= 15 is 0 Å². The van der Waals surface area contributed by atoms with Crippen LogP contribution in [-0.4, -0.2) is 19.6 Å². The Morgan fingerprint density at radius 3 is 2.31 bits per heavy atom. The lowest BCUT2D eigenvalue weighted by atomic mass is 10.1. The Morgan fingerprint density at radius 1 is 0.938 bits per heavy atom. The number of rotatable bonds is 7. The molecule has 0 saturated heterocycles. The van der Waals surface area contributed by atoms with Gasteiger partial charge >= 0.3 is 5.63 Å². The van der Waals surface area contributed by atoms with Crippen LogP contribution in [0.4, 0.5) is 5.69 Å². The fourth-order valence-electron chi connectivity index (χ4n) is 3.44. The monoisotopic (exact) mass is 429 g/mol. The van der Waals surface area contributed by atoms with Crippen LogP contribution in [0.5, 0.6) is 11.5 Å². The molecule has 162 valence electrons. The summed E-state index contributed by atoms with van der Waals surface area (Å²) in [5.41, 5.74) is 1.28. The summed E-state index contributed by atoms with van der Waals surface area (Å²) in [7, 11) is 1.60.